The highest BCUT2D eigenvalue weighted by molar-refractivity contribution is 5.79. The largest absolute Gasteiger partial charge is 0.466 e. The number of furan rings is 1. The summed E-state index contributed by atoms with van der Waals surface area (Å²) in [5.74, 6) is 1.20. The number of aliphatic hydroxyl groups is 1. The highest BCUT2D eigenvalue weighted by Crippen LogP contribution is 2.22. The van der Waals surface area contributed by atoms with Gasteiger partial charge in [-0.25, -0.2) is 4.99 Å². The van der Waals surface area contributed by atoms with Crippen LogP contribution in [0.4, 0.5) is 0 Å². The van der Waals surface area contributed by atoms with Gasteiger partial charge in [0.1, 0.15) is 11.4 Å². The summed E-state index contributed by atoms with van der Waals surface area (Å²) in [6, 6.07) is 4.14. The zero-order valence-electron chi connectivity index (χ0n) is 15.2. The van der Waals surface area contributed by atoms with Crippen LogP contribution in [0, 0.1) is 0 Å². The Morgan fingerprint density at radius 2 is 2.36 bits per heavy atom. The van der Waals surface area contributed by atoms with Crippen molar-refractivity contribution in [2.24, 2.45) is 4.99 Å². The van der Waals surface area contributed by atoms with Crippen molar-refractivity contribution in [3.8, 4) is 0 Å². The first kappa shape index (κ1) is 18.2. The van der Waals surface area contributed by atoms with Crippen molar-refractivity contribution in [1.29, 1.82) is 0 Å². The smallest absolute Gasteiger partial charge is 0.191 e. The molecule has 0 saturated carbocycles. The zero-order valence-corrected chi connectivity index (χ0v) is 15.2. The number of ether oxygens (including phenoxy) is 1. The summed E-state index contributed by atoms with van der Waals surface area (Å²) >= 11 is 0. The van der Waals surface area contributed by atoms with E-state index in [1.165, 1.54) is 19.4 Å². The Kier molecular flexibility index (Phi) is 5.98. The highest BCUT2D eigenvalue weighted by Gasteiger charge is 2.32. The number of hydrogen-bond acceptors (Lipinski definition) is 5. The normalized spacial score (nSPS) is 26.9. The maximum atomic E-state index is 10.5. The van der Waals surface area contributed by atoms with Gasteiger partial charge >= 0.3 is 0 Å². The van der Waals surface area contributed by atoms with Crippen LogP contribution in [0.2, 0.25) is 0 Å². The second-order valence-corrected chi connectivity index (χ2v) is 7.07. The van der Waals surface area contributed by atoms with Crippen molar-refractivity contribution in [2.45, 2.75) is 44.4 Å². The van der Waals surface area contributed by atoms with Gasteiger partial charge < -0.3 is 24.9 Å². The van der Waals surface area contributed by atoms with Crippen molar-refractivity contribution in [1.82, 2.24) is 15.5 Å². The number of rotatable bonds is 6. The molecule has 2 aliphatic heterocycles. The van der Waals surface area contributed by atoms with Crippen LogP contribution in [-0.4, -0.2) is 67.4 Å². The summed E-state index contributed by atoms with van der Waals surface area (Å²) in [5, 5.41) is 17.1. The monoisotopic (exact) mass is 350 g/mol. The van der Waals surface area contributed by atoms with Gasteiger partial charge in [0.05, 0.1) is 25.5 Å². The second-order valence-electron chi connectivity index (χ2n) is 7.07. The molecular formula is C18H30N4O3. The van der Waals surface area contributed by atoms with Crippen LogP contribution in [0.25, 0.3) is 0 Å². The van der Waals surface area contributed by atoms with Gasteiger partial charge in [0.15, 0.2) is 5.96 Å². The molecule has 3 rings (SSSR count). The Morgan fingerprint density at radius 3 is 3.12 bits per heavy atom. The van der Waals surface area contributed by atoms with Crippen molar-refractivity contribution < 1.29 is 14.3 Å². The molecule has 1 aromatic rings. The van der Waals surface area contributed by atoms with E-state index in [2.05, 4.69) is 20.5 Å². The Hall–Kier alpha value is -1.57. The maximum Gasteiger partial charge on any atom is 0.191 e. The lowest BCUT2D eigenvalue weighted by Gasteiger charge is -2.35. The van der Waals surface area contributed by atoms with Gasteiger partial charge in [0.25, 0.3) is 0 Å². The van der Waals surface area contributed by atoms with Crippen molar-refractivity contribution in [3.05, 3.63) is 24.2 Å². The third kappa shape index (κ3) is 4.74. The van der Waals surface area contributed by atoms with Crippen LogP contribution in [0.5, 0.6) is 0 Å². The number of nitrogens with zero attached hydrogens (tertiary/aromatic N) is 2. The Morgan fingerprint density at radius 1 is 1.48 bits per heavy atom. The number of fused-ring (bicyclic) bond motifs is 1. The summed E-state index contributed by atoms with van der Waals surface area (Å²) in [4.78, 5) is 7.04. The highest BCUT2D eigenvalue weighted by atomic mass is 16.5. The molecule has 0 aliphatic carbocycles. The standard InChI is InChI=1S/C18H30N4O3/c1-3-19-17(21-13-18(2,23)16-7-5-9-24-16)20-10-15-11-22-8-4-6-14(22)12-25-15/h5,7,9,14-15,23H,3-4,6,8,10-13H2,1-2H3,(H2,19,20,21). The van der Waals surface area contributed by atoms with E-state index in [4.69, 9.17) is 9.15 Å². The molecule has 3 unspecified atom stereocenters. The average Bonchev–Trinajstić information content (AvgIpc) is 3.28. The van der Waals surface area contributed by atoms with E-state index in [1.54, 1.807) is 25.3 Å². The first-order valence-corrected chi connectivity index (χ1v) is 9.22. The molecule has 0 amide bonds. The number of guanidine groups is 1. The molecule has 7 nitrogen and oxygen atoms in total. The van der Waals surface area contributed by atoms with E-state index in [0.717, 1.165) is 19.7 Å². The molecule has 3 atom stereocenters. The SMILES string of the molecule is CCNC(=NCC(C)(O)c1ccco1)NCC1CN2CCCC2CO1. The third-order valence-electron chi connectivity index (χ3n) is 4.90. The van der Waals surface area contributed by atoms with Crippen LogP contribution in [0.15, 0.2) is 27.8 Å². The lowest BCUT2D eigenvalue weighted by molar-refractivity contribution is -0.0453. The van der Waals surface area contributed by atoms with Crippen LogP contribution < -0.4 is 10.6 Å². The van der Waals surface area contributed by atoms with Gasteiger partial charge in [-0.1, -0.05) is 0 Å². The molecule has 2 saturated heterocycles. The molecule has 140 valence electrons. The molecule has 2 aliphatic rings. The van der Waals surface area contributed by atoms with Crippen molar-refractivity contribution in [2.75, 3.05) is 39.3 Å². The molecule has 3 heterocycles. The number of morpholine rings is 1. The number of nitrogens with one attached hydrogen (secondary N) is 2. The Labute approximate surface area is 149 Å². The van der Waals surface area contributed by atoms with Gasteiger partial charge in [-0.2, -0.15) is 0 Å². The van der Waals surface area contributed by atoms with E-state index in [1.807, 2.05) is 6.92 Å². The molecule has 7 heteroatoms. The molecular weight excluding hydrogens is 320 g/mol. The fourth-order valence-electron chi connectivity index (χ4n) is 3.46. The Balaban J connectivity index is 1.52. The predicted molar refractivity (Wildman–Crippen MR) is 96.6 cm³/mol. The molecule has 25 heavy (non-hydrogen) atoms. The lowest BCUT2D eigenvalue weighted by Crippen LogP contribution is -2.51. The van der Waals surface area contributed by atoms with Crippen LogP contribution in [0.1, 0.15) is 32.4 Å². The van der Waals surface area contributed by atoms with Crippen LogP contribution in [0.3, 0.4) is 0 Å². The fraction of sp³-hybridized carbons (Fsp3) is 0.722. The van der Waals surface area contributed by atoms with E-state index in [0.29, 0.717) is 24.3 Å². The summed E-state index contributed by atoms with van der Waals surface area (Å²) in [6.45, 7) is 8.39. The van der Waals surface area contributed by atoms with E-state index >= 15 is 0 Å². The van der Waals surface area contributed by atoms with Gasteiger partial charge in [-0.15, -0.1) is 0 Å². The van der Waals surface area contributed by atoms with Crippen molar-refractivity contribution >= 4 is 5.96 Å². The fourth-order valence-corrected chi connectivity index (χ4v) is 3.46. The minimum atomic E-state index is -1.13. The van der Waals surface area contributed by atoms with Crippen LogP contribution >= 0.6 is 0 Å². The van der Waals surface area contributed by atoms with Crippen LogP contribution in [-0.2, 0) is 10.3 Å². The predicted octanol–water partition coefficient (Wildman–Crippen LogP) is 0.905. The molecule has 0 radical (unpaired) electrons. The van der Waals surface area contributed by atoms with Crippen molar-refractivity contribution in [3.63, 3.8) is 0 Å². The lowest BCUT2D eigenvalue weighted by atomic mass is 10.0. The van der Waals surface area contributed by atoms with Gasteiger partial charge in [-0.3, -0.25) is 4.90 Å². The van der Waals surface area contributed by atoms with Gasteiger partial charge in [0, 0.05) is 25.7 Å². The van der Waals surface area contributed by atoms with Gasteiger partial charge in [-0.05, 0) is 45.4 Å². The van der Waals surface area contributed by atoms with E-state index in [-0.39, 0.29) is 12.6 Å². The molecule has 0 spiro atoms. The summed E-state index contributed by atoms with van der Waals surface area (Å²) < 4.78 is 11.3. The topological polar surface area (TPSA) is 82.3 Å². The maximum absolute atomic E-state index is 10.5. The second kappa shape index (κ2) is 8.21. The van der Waals surface area contributed by atoms with E-state index < -0.39 is 5.60 Å². The minimum absolute atomic E-state index is 0.170. The summed E-state index contributed by atoms with van der Waals surface area (Å²) in [6.07, 6.45) is 4.26. The summed E-state index contributed by atoms with van der Waals surface area (Å²) in [7, 11) is 0. The quantitative estimate of drug-likeness (QED) is 0.522. The summed E-state index contributed by atoms with van der Waals surface area (Å²) in [5.41, 5.74) is -1.13. The number of aliphatic imine (C=N–C) groups is 1. The average molecular weight is 350 g/mol. The van der Waals surface area contributed by atoms with E-state index in [9.17, 15) is 5.11 Å². The molecule has 0 bridgehead atoms. The Bertz CT molecular complexity index is 559. The molecule has 1 aromatic heterocycles. The zero-order chi connectivity index (χ0) is 17.7. The molecule has 3 N–H and O–H groups in total. The first-order chi connectivity index (χ1) is 12.1. The first-order valence-electron chi connectivity index (χ1n) is 9.22. The third-order valence-corrected chi connectivity index (χ3v) is 4.90. The minimum Gasteiger partial charge on any atom is -0.466 e. The number of hydrogen-bond donors (Lipinski definition) is 3. The molecule has 2 fully saturated rings. The van der Waals surface area contributed by atoms with Gasteiger partial charge in [0.2, 0.25) is 0 Å². The molecule has 0 aromatic carbocycles.